The van der Waals surface area contributed by atoms with Crippen molar-refractivity contribution in [3.63, 3.8) is 0 Å². The minimum absolute atomic E-state index is 0.0886. The minimum atomic E-state index is 0.0886. The Kier molecular flexibility index (Phi) is 5.16. The van der Waals surface area contributed by atoms with E-state index in [1.54, 1.807) is 13.3 Å². The van der Waals surface area contributed by atoms with Gasteiger partial charge in [-0.15, -0.1) is 0 Å². The van der Waals surface area contributed by atoms with Crippen LogP contribution in [0.2, 0.25) is 0 Å². The Morgan fingerprint density at radius 2 is 2.18 bits per heavy atom. The van der Waals surface area contributed by atoms with E-state index in [-0.39, 0.29) is 17.4 Å². The highest BCUT2D eigenvalue weighted by molar-refractivity contribution is 5.95. The summed E-state index contributed by atoms with van der Waals surface area (Å²) >= 11 is 0. The molecule has 2 saturated heterocycles. The number of hydrogen-bond acceptors (Lipinski definition) is 7. The van der Waals surface area contributed by atoms with Crippen molar-refractivity contribution in [2.45, 2.75) is 38.8 Å². The third-order valence-electron chi connectivity index (χ3n) is 6.14. The van der Waals surface area contributed by atoms with Gasteiger partial charge in [-0.1, -0.05) is 5.16 Å². The van der Waals surface area contributed by atoms with E-state index in [0.717, 1.165) is 50.4 Å². The van der Waals surface area contributed by atoms with Crippen LogP contribution in [0.5, 0.6) is 0 Å². The van der Waals surface area contributed by atoms with Gasteiger partial charge in [0.2, 0.25) is 0 Å². The van der Waals surface area contributed by atoms with Gasteiger partial charge < -0.3 is 14.2 Å². The summed E-state index contributed by atoms with van der Waals surface area (Å²) in [5, 5.41) is 4.16. The Labute approximate surface area is 164 Å². The lowest BCUT2D eigenvalue weighted by Gasteiger charge is -2.39. The van der Waals surface area contributed by atoms with Crippen molar-refractivity contribution in [2.75, 3.05) is 33.8 Å². The monoisotopic (exact) mass is 385 g/mol. The molecule has 4 rings (SSSR count). The molecule has 2 aromatic rings. The Morgan fingerprint density at radius 3 is 2.89 bits per heavy atom. The maximum absolute atomic E-state index is 12.9. The van der Waals surface area contributed by atoms with Crippen LogP contribution in [0.4, 0.5) is 0 Å². The Morgan fingerprint density at radius 1 is 1.39 bits per heavy atom. The molecule has 2 fully saturated rings. The van der Waals surface area contributed by atoms with Crippen LogP contribution in [-0.4, -0.2) is 64.6 Å². The van der Waals surface area contributed by atoms with Crippen molar-refractivity contribution in [2.24, 2.45) is 5.41 Å². The maximum atomic E-state index is 12.9. The van der Waals surface area contributed by atoms with E-state index < -0.39 is 0 Å². The van der Waals surface area contributed by atoms with Gasteiger partial charge >= 0.3 is 0 Å². The SMILES string of the molecule is COCc1nc(C2CC3(CCN(C(=O)c4cccnc4C)CC3)CN2C)no1. The van der Waals surface area contributed by atoms with Gasteiger partial charge in [-0.05, 0) is 50.8 Å². The van der Waals surface area contributed by atoms with E-state index in [2.05, 4.69) is 27.1 Å². The Bertz CT molecular complexity index is 844. The van der Waals surface area contributed by atoms with Gasteiger partial charge in [0, 0.05) is 38.6 Å². The molecule has 1 amide bonds. The fraction of sp³-hybridized carbons (Fsp3) is 0.600. The van der Waals surface area contributed by atoms with Gasteiger partial charge in [0.1, 0.15) is 6.61 Å². The standard InChI is InChI=1S/C20H27N5O3/c1-14-15(5-4-8-21-14)19(26)25-9-6-20(7-10-25)11-16(24(2)13-20)18-22-17(12-27-3)28-23-18/h4-5,8,16H,6-7,9-13H2,1-3H3. The van der Waals surface area contributed by atoms with E-state index in [9.17, 15) is 4.79 Å². The van der Waals surface area contributed by atoms with E-state index >= 15 is 0 Å². The molecule has 28 heavy (non-hydrogen) atoms. The number of nitrogens with zero attached hydrogens (tertiary/aromatic N) is 5. The second kappa shape index (κ2) is 7.60. The quantitative estimate of drug-likeness (QED) is 0.798. The number of aromatic nitrogens is 3. The number of aryl methyl sites for hydroxylation is 1. The first kappa shape index (κ1) is 19.0. The maximum Gasteiger partial charge on any atom is 0.255 e. The molecule has 0 radical (unpaired) electrons. The molecule has 8 nitrogen and oxygen atoms in total. The van der Waals surface area contributed by atoms with Crippen LogP contribution >= 0.6 is 0 Å². The van der Waals surface area contributed by atoms with Crippen LogP contribution < -0.4 is 0 Å². The number of piperidine rings is 1. The summed E-state index contributed by atoms with van der Waals surface area (Å²) in [6, 6.07) is 3.84. The van der Waals surface area contributed by atoms with Crippen LogP contribution in [0, 0.1) is 12.3 Å². The van der Waals surface area contributed by atoms with E-state index in [4.69, 9.17) is 9.26 Å². The number of carbonyl (C=O) groups excluding carboxylic acids is 1. The topological polar surface area (TPSA) is 84.6 Å². The molecule has 0 aromatic carbocycles. The minimum Gasteiger partial charge on any atom is -0.375 e. The molecule has 8 heteroatoms. The van der Waals surface area contributed by atoms with Gasteiger partial charge in [-0.2, -0.15) is 4.98 Å². The first-order valence-electron chi connectivity index (χ1n) is 9.74. The van der Waals surface area contributed by atoms with Crippen LogP contribution in [0.25, 0.3) is 0 Å². The van der Waals surface area contributed by atoms with Crippen molar-refractivity contribution < 1.29 is 14.1 Å². The third-order valence-corrected chi connectivity index (χ3v) is 6.14. The average Bonchev–Trinajstić information content (AvgIpc) is 3.27. The number of amides is 1. The zero-order valence-corrected chi connectivity index (χ0v) is 16.7. The molecule has 2 aromatic heterocycles. The molecule has 1 unspecified atom stereocenters. The molecule has 4 heterocycles. The average molecular weight is 385 g/mol. The summed E-state index contributed by atoms with van der Waals surface area (Å²) in [6.07, 6.45) is 4.69. The lowest BCUT2D eigenvalue weighted by molar-refractivity contribution is 0.0592. The van der Waals surface area contributed by atoms with Gasteiger partial charge in [0.05, 0.1) is 11.6 Å². The zero-order valence-electron chi connectivity index (χ0n) is 16.7. The Balaban J connectivity index is 1.41. The fourth-order valence-corrected chi connectivity index (χ4v) is 4.57. The van der Waals surface area contributed by atoms with Gasteiger partial charge in [-0.3, -0.25) is 14.7 Å². The summed E-state index contributed by atoms with van der Waals surface area (Å²) in [4.78, 5) is 25.9. The molecule has 2 aliphatic rings. The summed E-state index contributed by atoms with van der Waals surface area (Å²) in [5.41, 5.74) is 1.69. The van der Waals surface area contributed by atoms with Crippen LogP contribution in [0.1, 0.15) is 53.1 Å². The van der Waals surface area contributed by atoms with Gasteiger partial charge in [0.25, 0.3) is 11.8 Å². The smallest absolute Gasteiger partial charge is 0.255 e. The van der Waals surface area contributed by atoms with Crippen molar-refractivity contribution in [3.8, 4) is 0 Å². The highest BCUT2D eigenvalue weighted by Crippen LogP contribution is 2.47. The fourth-order valence-electron chi connectivity index (χ4n) is 4.57. The molecule has 1 atom stereocenters. The molecule has 0 aliphatic carbocycles. The number of pyridine rings is 1. The predicted molar refractivity (Wildman–Crippen MR) is 102 cm³/mol. The molecule has 0 bridgehead atoms. The zero-order chi connectivity index (χ0) is 19.7. The normalized spacial score (nSPS) is 22.1. The van der Waals surface area contributed by atoms with Gasteiger partial charge in [0.15, 0.2) is 5.82 Å². The summed E-state index contributed by atoms with van der Waals surface area (Å²) in [5.74, 6) is 1.33. The molecule has 2 aliphatic heterocycles. The predicted octanol–water partition coefficient (Wildman–Crippen LogP) is 2.22. The molecule has 150 valence electrons. The van der Waals surface area contributed by atoms with E-state index in [1.165, 1.54) is 0 Å². The second-order valence-corrected chi connectivity index (χ2v) is 8.04. The summed E-state index contributed by atoms with van der Waals surface area (Å²) < 4.78 is 10.3. The lowest BCUT2D eigenvalue weighted by Crippen LogP contribution is -2.44. The van der Waals surface area contributed by atoms with E-state index in [1.807, 2.05) is 24.0 Å². The molecule has 0 saturated carbocycles. The van der Waals surface area contributed by atoms with Crippen molar-refractivity contribution in [1.82, 2.24) is 24.9 Å². The summed E-state index contributed by atoms with van der Waals surface area (Å²) in [6.45, 7) is 4.75. The summed E-state index contributed by atoms with van der Waals surface area (Å²) in [7, 11) is 3.73. The van der Waals surface area contributed by atoms with Crippen molar-refractivity contribution >= 4 is 5.91 Å². The van der Waals surface area contributed by atoms with Crippen LogP contribution in [0.3, 0.4) is 0 Å². The largest absolute Gasteiger partial charge is 0.375 e. The van der Waals surface area contributed by atoms with Crippen molar-refractivity contribution in [1.29, 1.82) is 0 Å². The first-order valence-corrected chi connectivity index (χ1v) is 9.74. The number of ether oxygens (including phenoxy) is 1. The highest BCUT2D eigenvalue weighted by atomic mass is 16.5. The number of methoxy groups -OCH3 is 1. The molecule has 0 N–H and O–H groups in total. The number of rotatable bonds is 4. The van der Waals surface area contributed by atoms with Crippen LogP contribution in [0.15, 0.2) is 22.9 Å². The van der Waals surface area contributed by atoms with Gasteiger partial charge in [-0.25, -0.2) is 0 Å². The Hall–Kier alpha value is -2.32. The number of hydrogen-bond donors (Lipinski definition) is 0. The lowest BCUT2D eigenvalue weighted by atomic mass is 9.76. The molecular weight excluding hydrogens is 358 g/mol. The highest BCUT2D eigenvalue weighted by Gasteiger charge is 2.46. The van der Waals surface area contributed by atoms with Crippen molar-refractivity contribution in [3.05, 3.63) is 41.3 Å². The molecular formula is C20H27N5O3. The first-order chi connectivity index (χ1) is 13.5. The number of likely N-dealkylation sites (tertiary alicyclic amines) is 2. The molecule has 1 spiro atoms. The number of carbonyl (C=O) groups is 1. The second-order valence-electron chi connectivity index (χ2n) is 8.04. The third kappa shape index (κ3) is 3.54. The van der Waals surface area contributed by atoms with Crippen LogP contribution in [-0.2, 0) is 11.3 Å². The van der Waals surface area contributed by atoms with E-state index in [0.29, 0.717) is 18.1 Å².